The van der Waals surface area contributed by atoms with E-state index in [1.807, 2.05) is 0 Å². The second-order valence-corrected chi connectivity index (χ2v) is 1.95. The van der Waals surface area contributed by atoms with Crippen LogP contribution in [-0.4, -0.2) is 22.2 Å². The number of nitrogens with zero attached hydrogens (tertiary/aromatic N) is 1. The molecule has 0 unspecified atom stereocenters. The molecule has 10 heavy (non-hydrogen) atoms. The molecule has 1 rings (SSSR count). The number of aromatic amines is 1. The van der Waals surface area contributed by atoms with Gasteiger partial charge in [0, 0.05) is 7.11 Å². The molecule has 0 atom stereocenters. The Kier molecular flexibility index (Phi) is 2.42. The maximum atomic E-state index is 8.61. The first kappa shape index (κ1) is 7.24. The van der Waals surface area contributed by atoms with Crippen molar-refractivity contribution in [1.29, 1.82) is 0 Å². The number of aliphatic hydroxyl groups excluding tert-OH is 1. The number of ether oxygens (including phenoxy) is 1. The van der Waals surface area contributed by atoms with Gasteiger partial charge in [0.1, 0.15) is 12.4 Å². The zero-order valence-corrected chi connectivity index (χ0v) is 5.79. The number of imidazole rings is 1. The molecular formula is C6H10N2O2. The lowest BCUT2D eigenvalue weighted by atomic mass is 10.5. The monoisotopic (exact) mass is 142 g/mol. The van der Waals surface area contributed by atoms with Crippen molar-refractivity contribution < 1.29 is 9.84 Å². The van der Waals surface area contributed by atoms with Gasteiger partial charge >= 0.3 is 0 Å². The molecule has 0 saturated carbocycles. The Bertz CT molecular complexity index is 197. The molecule has 0 bridgehead atoms. The molecule has 1 heterocycles. The Morgan fingerprint density at radius 2 is 2.60 bits per heavy atom. The van der Waals surface area contributed by atoms with Gasteiger partial charge in [0.25, 0.3) is 0 Å². The summed E-state index contributed by atoms with van der Waals surface area (Å²) in [6, 6.07) is 0. The smallest absolute Gasteiger partial charge is 0.132 e. The fourth-order valence-electron chi connectivity index (χ4n) is 0.696. The maximum Gasteiger partial charge on any atom is 0.132 e. The minimum absolute atomic E-state index is 0.00326. The molecule has 0 radical (unpaired) electrons. The van der Waals surface area contributed by atoms with Crippen molar-refractivity contribution in [3.05, 3.63) is 17.7 Å². The second kappa shape index (κ2) is 3.34. The van der Waals surface area contributed by atoms with Crippen molar-refractivity contribution in [1.82, 2.24) is 9.97 Å². The molecule has 4 heteroatoms. The van der Waals surface area contributed by atoms with Crippen LogP contribution in [0.1, 0.15) is 11.5 Å². The summed E-state index contributed by atoms with van der Waals surface area (Å²) in [6.07, 6.45) is 1.59. The van der Waals surface area contributed by atoms with Crippen molar-refractivity contribution in [2.24, 2.45) is 0 Å². The van der Waals surface area contributed by atoms with Gasteiger partial charge in [-0.1, -0.05) is 0 Å². The van der Waals surface area contributed by atoms with Gasteiger partial charge < -0.3 is 14.8 Å². The Morgan fingerprint density at radius 3 is 3.10 bits per heavy atom. The van der Waals surface area contributed by atoms with Gasteiger partial charge in [-0.05, 0) is 0 Å². The Balaban J connectivity index is 2.59. The highest BCUT2D eigenvalue weighted by Crippen LogP contribution is 1.96. The largest absolute Gasteiger partial charge is 0.390 e. The highest BCUT2D eigenvalue weighted by atomic mass is 16.5. The molecule has 4 nitrogen and oxygen atoms in total. The molecule has 0 aliphatic heterocycles. The van der Waals surface area contributed by atoms with E-state index in [0.29, 0.717) is 12.3 Å². The number of H-pyrrole nitrogens is 1. The minimum Gasteiger partial charge on any atom is -0.390 e. The summed E-state index contributed by atoms with van der Waals surface area (Å²) in [5, 5.41) is 8.61. The first-order valence-corrected chi connectivity index (χ1v) is 2.99. The Hall–Kier alpha value is -0.870. The van der Waals surface area contributed by atoms with E-state index in [1.54, 1.807) is 13.3 Å². The van der Waals surface area contributed by atoms with Crippen molar-refractivity contribution in [2.75, 3.05) is 7.11 Å². The number of methoxy groups -OCH3 is 1. The summed E-state index contributed by atoms with van der Waals surface area (Å²) in [7, 11) is 1.60. The third-order valence-corrected chi connectivity index (χ3v) is 1.13. The summed E-state index contributed by atoms with van der Waals surface area (Å²) < 4.78 is 4.81. The summed E-state index contributed by atoms with van der Waals surface area (Å²) in [5.41, 5.74) is 0.715. The van der Waals surface area contributed by atoms with Gasteiger partial charge in [-0.25, -0.2) is 4.98 Å². The van der Waals surface area contributed by atoms with Crippen molar-refractivity contribution in [3.8, 4) is 0 Å². The topological polar surface area (TPSA) is 58.1 Å². The number of hydrogen-bond donors (Lipinski definition) is 2. The highest BCUT2D eigenvalue weighted by Gasteiger charge is 1.96. The molecule has 0 amide bonds. The van der Waals surface area contributed by atoms with E-state index in [9.17, 15) is 0 Å². The quantitative estimate of drug-likeness (QED) is 0.626. The number of aliphatic hydroxyl groups is 1. The van der Waals surface area contributed by atoms with Crippen LogP contribution in [0.25, 0.3) is 0 Å². The molecular weight excluding hydrogens is 132 g/mol. The van der Waals surface area contributed by atoms with Gasteiger partial charge in [-0.2, -0.15) is 0 Å². The highest BCUT2D eigenvalue weighted by molar-refractivity contribution is 4.98. The van der Waals surface area contributed by atoms with Crippen LogP contribution in [0.15, 0.2) is 6.20 Å². The van der Waals surface area contributed by atoms with Gasteiger partial charge in [-0.15, -0.1) is 0 Å². The second-order valence-electron chi connectivity index (χ2n) is 1.95. The van der Waals surface area contributed by atoms with E-state index >= 15 is 0 Å². The van der Waals surface area contributed by atoms with Crippen LogP contribution in [0.2, 0.25) is 0 Å². The summed E-state index contributed by atoms with van der Waals surface area (Å²) in [6.45, 7) is 0.455. The fourth-order valence-corrected chi connectivity index (χ4v) is 0.696. The lowest BCUT2D eigenvalue weighted by Gasteiger charge is -1.90. The number of rotatable bonds is 3. The van der Waals surface area contributed by atoms with E-state index in [1.165, 1.54) is 0 Å². The average molecular weight is 142 g/mol. The SMILES string of the molecule is COCc1ncc(CO)[nH]1. The molecule has 0 fully saturated rings. The third-order valence-electron chi connectivity index (χ3n) is 1.13. The average Bonchev–Trinajstić information content (AvgIpc) is 2.37. The summed E-state index contributed by atoms with van der Waals surface area (Å²) >= 11 is 0. The standard InChI is InChI=1S/C6H10N2O2/c1-10-4-6-7-2-5(3-9)8-6/h2,9H,3-4H2,1H3,(H,7,8). The molecule has 0 aliphatic carbocycles. The predicted molar refractivity (Wildman–Crippen MR) is 35.2 cm³/mol. The van der Waals surface area contributed by atoms with Crippen LogP contribution >= 0.6 is 0 Å². The molecule has 0 aromatic carbocycles. The number of hydrogen-bond acceptors (Lipinski definition) is 3. The predicted octanol–water partition coefficient (Wildman–Crippen LogP) is 0.0484. The van der Waals surface area contributed by atoms with E-state index in [2.05, 4.69) is 9.97 Å². The molecule has 0 aliphatic rings. The van der Waals surface area contributed by atoms with Crippen LogP contribution < -0.4 is 0 Å². The summed E-state index contributed by atoms with van der Waals surface area (Å²) in [4.78, 5) is 6.81. The third kappa shape index (κ3) is 1.55. The minimum atomic E-state index is -0.00326. The lowest BCUT2D eigenvalue weighted by Crippen LogP contribution is -1.90. The molecule has 56 valence electrons. The van der Waals surface area contributed by atoms with E-state index in [4.69, 9.17) is 9.84 Å². The maximum absolute atomic E-state index is 8.61. The van der Waals surface area contributed by atoms with Crippen molar-refractivity contribution in [3.63, 3.8) is 0 Å². The van der Waals surface area contributed by atoms with E-state index in [0.717, 1.165) is 5.82 Å². The van der Waals surface area contributed by atoms with Gasteiger partial charge in [-0.3, -0.25) is 0 Å². The van der Waals surface area contributed by atoms with E-state index in [-0.39, 0.29) is 6.61 Å². The van der Waals surface area contributed by atoms with Crippen molar-refractivity contribution in [2.45, 2.75) is 13.2 Å². The number of nitrogens with one attached hydrogen (secondary N) is 1. The first-order chi connectivity index (χ1) is 4.86. The number of aromatic nitrogens is 2. The zero-order valence-electron chi connectivity index (χ0n) is 5.79. The molecule has 0 saturated heterocycles. The van der Waals surface area contributed by atoms with Crippen LogP contribution in [-0.2, 0) is 18.0 Å². The molecule has 0 spiro atoms. The van der Waals surface area contributed by atoms with Crippen LogP contribution in [0.3, 0.4) is 0 Å². The van der Waals surface area contributed by atoms with Crippen molar-refractivity contribution >= 4 is 0 Å². The van der Waals surface area contributed by atoms with Crippen LogP contribution in [0.4, 0.5) is 0 Å². The zero-order chi connectivity index (χ0) is 7.40. The molecule has 2 N–H and O–H groups in total. The summed E-state index contributed by atoms with van der Waals surface area (Å²) in [5.74, 6) is 0.742. The van der Waals surface area contributed by atoms with Crippen LogP contribution in [0, 0.1) is 0 Å². The van der Waals surface area contributed by atoms with Gasteiger partial charge in [0.15, 0.2) is 0 Å². The normalized spacial score (nSPS) is 10.2. The van der Waals surface area contributed by atoms with E-state index < -0.39 is 0 Å². The Morgan fingerprint density at radius 1 is 1.80 bits per heavy atom. The lowest BCUT2D eigenvalue weighted by molar-refractivity contribution is 0.178. The first-order valence-electron chi connectivity index (χ1n) is 2.99. The van der Waals surface area contributed by atoms with Gasteiger partial charge in [0.2, 0.25) is 0 Å². The fraction of sp³-hybridized carbons (Fsp3) is 0.500. The van der Waals surface area contributed by atoms with Crippen LogP contribution in [0.5, 0.6) is 0 Å². The Labute approximate surface area is 58.9 Å². The van der Waals surface area contributed by atoms with Gasteiger partial charge in [0.05, 0.1) is 18.5 Å². The molecule has 1 aromatic heterocycles. The molecule has 1 aromatic rings.